The van der Waals surface area contributed by atoms with Crippen LogP contribution in [0.25, 0.3) is 0 Å². The summed E-state index contributed by atoms with van der Waals surface area (Å²) in [6, 6.07) is 3.33. The maximum Gasteiger partial charge on any atom is 0.163 e. The van der Waals surface area contributed by atoms with E-state index >= 15 is 0 Å². The van der Waals surface area contributed by atoms with Crippen molar-refractivity contribution in [3.05, 3.63) is 35.4 Å². The van der Waals surface area contributed by atoms with Gasteiger partial charge in [0, 0.05) is 12.0 Å². The van der Waals surface area contributed by atoms with E-state index in [0.29, 0.717) is 12.3 Å². The molecule has 0 aliphatic carbocycles. The Balaban J connectivity index is 2.01. The number of Topliss-reactive ketones (excluding diaryl/α,β-unsaturated/α-hetero) is 1. The summed E-state index contributed by atoms with van der Waals surface area (Å²) in [5, 5.41) is 3.23. The van der Waals surface area contributed by atoms with Crippen molar-refractivity contribution in [1.82, 2.24) is 5.32 Å². The molecular weight excluding hydrogens is 224 g/mol. The summed E-state index contributed by atoms with van der Waals surface area (Å²) in [6.07, 6.45) is 2.48. The van der Waals surface area contributed by atoms with Gasteiger partial charge >= 0.3 is 0 Å². The third-order valence-corrected chi connectivity index (χ3v) is 3.11. The third kappa shape index (κ3) is 3.09. The van der Waals surface area contributed by atoms with Crippen LogP contribution in [0.15, 0.2) is 18.2 Å². The van der Waals surface area contributed by atoms with Crippen molar-refractivity contribution in [1.29, 1.82) is 0 Å². The number of benzene rings is 1. The van der Waals surface area contributed by atoms with E-state index < -0.39 is 11.6 Å². The van der Waals surface area contributed by atoms with Gasteiger partial charge in [-0.15, -0.1) is 0 Å². The highest BCUT2D eigenvalue weighted by atomic mass is 19.2. The number of carbonyl (C=O) groups is 1. The van der Waals surface area contributed by atoms with Gasteiger partial charge in [0.05, 0.1) is 0 Å². The molecule has 17 heavy (non-hydrogen) atoms. The molecule has 2 nitrogen and oxygen atoms in total. The molecule has 1 aliphatic heterocycles. The van der Waals surface area contributed by atoms with Crippen LogP contribution in [0.2, 0.25) is 0 Å². The zero-order valence-electron chi connectivity index (χ0n) is 9.51. The molecule has 0 saturated carbocycles. The molecule has 2 rings (SSSR count). The second-order valence-corrected chi connectivity index (χ2v) is 4.47. The van der Waals surface area contributed by atoms with Gasteiger partial charge in [-0.25, -0.2) is 8.78 Å². The topological polar surface area (TPSA) is 29.1 Å². The molecule has 1 unspecified atom stereocenters. The second kappa shape index (κ2) is 5.36. The number of ketones is 1. The first kappa shape index (κ1) is 12.2. The first-order chi connectivity index (χ1) is 8.16. The van der Waals surface area contributed by atoms with Gasteiger partial charge in [0.15, 0.2) is 17.4 Å². The molecule has 0 aromatic heterocycles. The quantitative estimate of drug-likeness (QED) is 0.821. The second-order valence-electron chi connectivity index (χ2n) is 4.47. The van der Waals surface area contributed by atoms with Crippen molar-refractivity contribution in [2.75, 3.05) is 13.1 Å². The Labute approximate surface area is 99.0 Å². The van der Waals surface area contributed by atoms with Crippen molar-refractivity contribution >= 4 is 5.78 Å². The Morgan fingerprint density at radius 1 is 1.35 bits per heavy atom. The lowest BCUT2D eigenvalue weighted by atomic mass is 9.92. The highest BCUT2D eigenvalue weighted by Gasteiger charge is 2.18. The van der Waals surface area contributed by atoms with Crippen LogP contribution in [0.3, 0.4) is 0 Å². The molecule has 1 aliphatic rings. The number of carbonyl (C=O) groups excluding carboxylic acids is 1. The number of nitrogens with one attached hydrogen (secondary N) is 1. The van der Waals surface area contributed by atoms with Crippen LogP contribution in [-0.2, 0) is 0 Å². The molecule has 1 aromatic rings. The molecule has 1 atom stereocenters. The molecule has 0 amide bonds. The van der Waals surface area contributed by atoms with E-state index in [-0.39, 0.29) is 11.3 Å². The standard InChI is InChI=1S/C13H15F2NO/c14-11-4-3-10(7-12(11)15)13(17)6-9-2-1-5-16-8-9/h3-4,7,9,16H,1-2,5-6,8H2. The van der Waals surface area contributed by atoms with Gasteiger partial charge in [0.25, 0.3) is 0 Å². The molecule has 1 heterocycles. The highest BCUT2D eigenvalue weighted by molar-refractivity contribution is 5.96. The number of rotatable bonds is 3. The molecule has 0 radical (unpaired) electrons. The van der Waals surface area contributed by atoms with Gasteiger partial charge in [-0.3, -0.25) is 4.79 Å². The average Bonchev–Trinajstić information content (AvgIpc) is 2.34. The van der Waals surface area contributed by atoms with Crippen LogP contribution < -0.4 is 5.32 Å². The van der Waals surface area contributed by atoms with Crippen LogP contribution in [0, 0.1) is 17.6 Å². The van der Waals surface area contributed by atoms with E-state index in [1.807, 2.05) is 0 Å². The number of piperidine rings is 1. The third-order valence-electron chi connectivity index (χ3n) is 3.11. The van der Waals surface area contributed by atoms with Gasteiger partial charge in [-0.2, -0.15) is 0 Å². The van der Waals surface area contributed by atoms with E-state index in [0.717, 1.165) is 38.1 Å². The van der Waals surface area contributed by atoms with E-state index in [9.17, 15) is 13.6 Å². The Bertz CT molecular complexity index is 414. The van der Waals surface area contributed by atoms with E-state index in [4.69, 9.17) is 0 Å². The summed E-state index contributed by atoms with van der Waals surface area (Å²) in [4.78, 5) is 11.9. The van der Waals surface area contributed by atoms with Crippen molar-refractivity contribution in [2.24, 2.45) is 5.92 Å². The van der Waals surface area contributed by atoms with Gasteiger partial charge in [-0.05, 0) is 50.0 Å². The fourth-order valence-corrected chi connectivity index (χ4v) is 2.15. The minimum absolute atomic E-state index is 0.113. The maximum absolute atomic E-state index is 13.0. The predicted octanol–water partition coefficient (Wildman–Crippen LogP) is 2.54. The fraction of sp³-hybridized carbons (Fsp3) is 0.462. The Kier molecular flexibility index (Phi) is 3.84. The number of hydrogen-bond acceptors (Lipinski definition) is 2. The molecule has 1 aromatic carbocycles. The first-order valence-electron chi connectivity index (χ1n) is 5.86. The van der Waals surface area contributed by atoms with Crippen LogP contribution in [0.1, 0.15) is 29.6 Å². The van der Waals surface area contributed by atoms with Crippen molar-refractivity contribution in [2.45, 2.75) is 19.3 Å². The van der Waals surface area contributed by atoms with Crippen molar-refractivity contribution < 1.29 is 13.6 Å². The molecule has 0 bridgehead atoms. The Hall–Kier alpha value is -1.29. The lowest BCUT2D eigenvalue weighted by Gasteiger charge is -2.21. The summed E-state index contributed by atoms with van der Waals surface area (Å²) < 4.78 is 25.7. The predicted molar refractivity (Wildman–Crippen MR) is 60.9 cm³/mol. The normalized spacial score (nSPS) is 20.2. The summed E-state index contributed by atoms with van der Waals surface area (Å²) in [7, 11) is 0. The Morgan fingerprint density at radius 2 is 2.18 bits per heavy atom. The highest BCUT2D eigenvalue weighted by Crippen LogP contribution is 2.18. The minimum atomic E-state index is -0.961. The maximum atomic E-state index is 13.0. The average molecular weight is 239 g/mol. The lowest BCUT2D eigenvalue weighted by Crippen LogP contribution is -2.31. The fourth-order valence-electron chi connectivity index (χ4n) is 2.15. The number of halogens is 2. The molecule has 1 N–H and O–H groups in total. The van der Waals surface area contributed by atoms with Crippen molar-refractivity contribution in [3.8, 4) is 0 Å². The number of hydrogen-bond donors (Lipinski definition) is 1. The molecule has 4 heteroatoms. The largest absolute Gasteiger partial charge is 0.316 e. The molecular formula is C13H15F2NO. The summed E-state index contributed by atoms with van der Waals surface area (Å²) in [6.45, 7) is 1.82. The molecule has 1 fully saturated rings. The SMILES string of the molecule is O=C(CC1CCCNC1)c1ccc(F)c(F)c1. The van der Waals surface area contributed by atoms with Gasteiger partial charge in [0.2, 0.25) is 0 Å². The summed E-state index contributed by atoms with van der Waals surface area (Å²) in [5.74, 6) is -1.68. The monoisotopic (exact) mass is 239 g/mol. The first-order valence-corrected chi connectivity index (χ1v) is 5.86. The molecule has 1 saturated heterocycles. The summed E-state index contributed by atoms with van der Waals surface area (Å²) in [5.41, 5.74) is 0.259. The summed E-state index contributed by atoms with van der Waals surface area (Å²) >= 11 is 0. The zero-order valence-corrected chi connectivity index (χ0v) is 9.51. The van der Waals surface area contributed by atoms with Crippen LogP contribution >= 0.6 is 0 Å². The van der Waals surface area contributed by atoms with Gasteiger partial charge < -0.3 is 5.32 Å². The van der Waals surface area contributed by atoms with Crippen LogP contribution in [0.5, 0.6) is 0 Å². The van der Waals surface area contributed by atoms with Crippen molar-refractivity contribution in [3.63, 3.8) is 0 Å². The van der Waals surface area contributed by atoms with Crippen LogP contribution in [-0.4, -0.2) is 18.9 Å². The smallest absolute Gasteiger partial charge is 0.163 e. The van der Waals surface area contributed by atoms with E-state index in [1.165, 1.54) is 6.07 Å². The molecule has 92 valence electrons. The minimum Gasteiger partial charge on any atom is -0.316 e. The lowest BCUT2D eigenvalue weighted by molar-refractivity contribution is 0.0953. The van der Waals surface area contributed by atoms with Gasteiger partial charge in [0.1, 0.15) is 0 Å². The Morgan fingerprint density at radius 3 is 2.82 bits per heavy atom. The zero-order chi connectivity index (χ0) is 12.3. The van der Waals surface area contributed by atoms with E-state index in [1.54, 1.807) is 0 Å². The van der Waals surface area contributed by atoms with Crippen LogP contribution in [0.4, 0.5) is 8.78 Å². The molecule has 0 spiro atoms. The van der Waals surface area contributed by atoms with Gasteiger partial charge in [-0.1, -0.05) is 0 Å². The van der Waals surface area contributed by atoms with E-state index in [2.05, 4.69) is 5.32 Å².